The number of rotatable bonds is 10. The van der Waals surface area contributed by atoms with Gasteiger partial charge in [-0.25, -0.2) is 9.78 Å². The average Bonchev–Trinajstić information content (AvgIpc) is 3.41. The highest BCUT2D eigenvalue weighted by Crippen LogP contribution is 2.34. The second-order valence-electron chi connectivity index (χ2n) is 8.26. The lowest BCUT2D eigenvalue weighted by Crippen LogP contribution is -2.56. The standard InChI is InChI=1S/C21H23F3N8O5S/c1-25-2-3-26-17(33)9-32-6-11-4-14(16(5-13(11)30-32)37-21(22,23)24)28-18(34)15-10-38-19(29-15)27-12-7-31(8-12)20(35)36/h4-6,10,12,25H,2-3,7-9H2,1H3,(H,26,33)(H,27,29)(H,28,34)(H,35,36). The molecule has 17 heteroatoms. The van der Waals surface area contributed by atoms with Crippen LogP contribution in [0.5, 0.6) is 5.75 Å². The van der Waals surface area contributed by atoms with Crippen molar-refractivity contribution in [3.8, 4) is 5.75 Å². The van der Waals surface area contributed by atoms with Crippen LogP contribution in [0.15, 0.2) is 23.7 Å². The number of thiazole rings is 1. The molecule has 0 radical (unpaired) electrons. The van der Waals surface area contributed by atoms with Crippen LogP contribution in [0.3, 0.4) is 0 Å². The Balaban J connectivity index is 1.48. The number of likely N-dealkylation sites (N-methyl/N-ethyl adjacent to an activating group) is 1. The summed E-state index contributed by atoms with van der Waals surface area (Å²) in [5, 5.41) is 26.1. The van der Waals surface area contributed by atoms with E-state index in [1.165, 1.54) is 27.2 Å². The van der Waals surface area contributed by atoms with E-state index in [1.54, 1.807) is 7.05 Å². The molecule has 3 aromatic rings. The fraction of sp³-hybridized carbons (Fsp3) is 0.381. The van der Waals surface area contributed by atoms with Crippen molar-refractivity contribution in [2.24, 2.45) is 0 Å². The van der Waals surface area contributed by atoms with Gasteiger partial charge in [0.25, 0.3) is 5.91 Å². The number of halogens is 3. The number of fused-ring (bicyclic) bond motifs is 1. The van der Waals surface area contributed by atoms with E-state index in [-0.39, 0.29) is 48.5 Å². The van der Waals surface area contributed by atoms with Crippen LogP contribution in [-0.4, -0.2) is 88.3 Å². The lowest BCUT2D eigenvalue weighted by molar-refractivity contribution is -0.274. The maximum Gasteiger partial charge on any atom is 0.573 e. The van der Waals surface area contributed by atoms with E-state index < -0.39 is 24.1 Å². The van der Waals surface area contributed by atoms with E-state index >= 15 is 0 Å². The maximum absolute atomic E-state index is 13.1. The van der Waals surface area contributed by atoms with Crippen LogP contribution in [0.4, 0.5) is 28.8 Å². The fourth-order valence-corrected chi connectivity index (χ4v) is 4.32. The van der Waals surface area contributed by atoms with Crippen molar-refractivity contribution >= 4 is 51.0 Å². The normalized spacial score (nSPS) is 13.7. The Kier molecular flexibility index (Phi) is 7.86. The third-order valence-corrected chi connectivity index (χ3v) is 6.12. The molecule has 0 atom stereocenters. The van der Waals surface area contributed by atoms with Gasteiger partial charge in [-0.2, -0.15) is 5.10 Å². The molecule has 0 unspecified atom stereocenters. The maximum atomic E-state index is 13.1. The molecule has 0 aliphatic carbocycles. The molecule has 1 aromatic carbocycles. The van der Waals surface area contributed by atoms with E-state index in [0.29, 0.717) is 23.6 Å². The van der Waals surface area contributed by atoms with Crippen LogP contribution in [0.1, 0.15) is 10.5 Å². The highest BCUT2D eigenvalue weighted by atomic mass is 32.1. The second-order valence-corrected chi connectivity index (χ2v) is 9.11. The Labute approximate surface area is 216 Å². The smallest absolute Gasteiger partial charge is 0.465 e. The van der Waals surface area contributed by atoms with E-state index in [9.17, 15) is 27.6 Å². The highest BCUT2D eigenvalue weighted by molar-refractivity contribution is 7.13. The van der Waals surface area contributed by atoms with Gasteiger partial charge in [-0.15, -0.1) is 24.5 Å². The summed E-state index contributed by atoms with van der Waals surface area (Å²) in [6, 6.07) is 2.12. The third kappa shape index (κ3) is 6.80. The number of alkyl halides is 3. The van der Waals surface area contributed by atoms with Gasteiger partial charge in [-0.3, -0.25) is 14.3 Å². The number of anilines is 2. The van der Waals surface area contributed by atoms with E-state index in [0.717, 1.165) is 17.4 Å². The quantitative estimate of drug-likeness (QED) is 0.234. The fourth-order valence-electron chi connectivity index (χ4n) is 3.55. The second kappa shape index (κ2) is 11.1. The Hall–Kier alpha value is -4.12. The molecule has 0 bridgehead atoms. The first kappa shape index (κ1) is 26.9. The van der Waals surface area contributed by atoms with Gasteiger partial charge in [0.2, 0.25) is 5.91 Å². The number of nitrogens with one attached hydrogen (secondary N) is 4. The average molecular weight is 557 g/mol. The third-order valence-electron chi connectivity index (χ3n) is 5.35. The molecule has 0 saturated carbocycles. The molecule has 1 saturated heterocycles. The van der Waals surface area contributed by atoms with Crippen LogP contribution < -0.4 is 26.0 Å². The van der Waals surface area contributed by atoms with Gasteiger partial charge in [-0.05, 0) is 13.1 Å². The topological polar surface area (TPSA) is 163 Å². The van der Waals surface area contributed by atoms with Crippen molar-refractivity contribution in [3.63, 3.8) is 0 Å². The molecular weight excluding hydrogens is 533 g/mol. The van der Waals surface area contributed by atoms with Gasteiger partial charge in [-0.1, -0.05) is 0 Å². The molecule has 4 rings (SSSR count). The van der Waals surface area contributed by atoms with E-state index in [2.05, 4.69) is 36.1 Å². The zero-order valence-corrected chi connectivity index (χ0v) is 20.6. The first-order valence-corrected chi connectivity index (χ1v) is 12.1. The molecule has 13 nitrogen and oxygen atoms in total. The Bertz CT molecular complexity index is 1340. The van der Waals surface area contributed by atoms with Crippen LogP contribution in [0.25, 0.3) is 10.9 Å². The van der Waals surface area contributed by atoms with Gasteiger partial charge < -0.3 is 36.0 Å². The number of hydrogen-bond donors (Lipinski definition) is 5. The number of likely N-dealkylation sites (tertiary alicyclic amines) is 1. The molecule has 0 spiro atoms. The van der Waals surface area contributed by atoms with Gasteiger partial charge in [0, 0.05) is 49.2 Å². The minimum Gasteiger partial charge on any atom is -0.465 e. The first-order valence-electron chi connectivity index (χ1n) is 11.2. The van der Waals surface area contributed by atoms with Crippen molar-refractivity contribution in [2.45, 2.75) is 18.9 Å². The number of benzene rings is 1. The number of hydrogen-bond acceptors (Lipinski definition) is 9. The zero-order valence-electron chi connectivity index (χ0n) is 19.8. The SMILES string of the molecule is CNCCNC(=O)Cn1cc2cc(NC(=O)c3csc(NC4CN(C(=O)O)C4)n3)c(OC(F)(F)F)cc2n1. The summed E-state index contributed by atoms with van der Waals surface area (Å²) < 4.78 is 44.6. The highest BCUT2D eigenvalue weighted by Gasteiger charge is 2.33. The van der Waals surface area contributed by atoms with E-state index in [4.69, 9.17) is 5.11 Å². The Morgan fingerprint density at radius 3 is 2.68 bits per heavy atom. The van der Waals surface area contributed by atoms with Crippen molar-refractivity contribution in [3.05, 3.63) is 29.4 Å². The molecule has 3 amide bonds. The minimum absolute atomic E-state index is 0.0566. The van der Waals surface area contributed by atoms with Crippen LogP contribution in [0, 0.1) is 0 Å². The number of carbonyl (C=O) groups is 3. The van der Waals surface area contributed by atoms with Crippen molar-refractivity contribution in [1.82, 2.24) is 30.3 Å². The summed E-state index contributed by atoms with van der Waals surface area (Å²) in [5.74, 6) is -1.80. The molecule has 1 aliphatic rings. The number of nitrogens with zero attached hydrogens (tertiary/aromatic N) is 4. The summed E-state index contributed by atoms with van der Waals surface area (Å²) in [4.78, 5) is 41.0. The monoisotopic (exact) mass is 556 g/mol. The van der Waals surface area contributed by atoms with Gasteiger partial charge in [0.15, 0.2) is 10.9 Å². The molecule has 1 aliphatic heterocycles. The summed E-state index contributed by atoms with van der Waals surface area (Å²) in [6.07, 6.45) is -4.61. The summed E-state index contributed by atoms with van der Waals surface area (Å²) in [7, 11) is 1.74. The molecule has 3 heterocycles. The van der Waals surface area contributed by atoms with Gasteiger partial charge in [0.1, 0.15) is 12.2 Å². The number of ether oxygens (including phenoxy) is 1. The molecule has 38 heavy (non-hydrogen) atoms. The Morgan fingerprint density at radius 2 is 2.00 bits per heavy atom. The van der Waals surface area contributed by atoms with E-state index in [1.807, 2.05) is 0 Å². The predicted octanol–water partition coefficient (Wildman–Crippen LogP) is 1.75. The number of carboxylic acid groups (broad SMARTS) is 1. The van der Waals surface area contributed by atoms with Gasteiger partial charge in [0.05, 0.1) is 17.2 Å². The van der Waals surface area contributed by atoms with Crippen molar-refractivity contribution in [1.29, 1.82) is 0 Å². The Morgan fingerprint density at radius 1 is 1.24 bits per heavy atom. The number of amides is 3. The predicted molar refractivity (Wildman–Crippen MR) is 130 cm³/mol. The van der Waals surface area contributed by atoms with Crippen molar-refractivity contribution < 1.29 is 37.4 Å². The van der Waals surface area contributed by atoms with Crippen LogP contribution >= 0.6 is 11.3 Å². The molecule has 1 fully saturated rings. The number of carbonyl (C=O) groups excluding carboxylic acids is 2. The number of aromatic nitrogens is 3. The van der Waals surface area contributed by atoms with Crippen LogP contribution in [0.2, 0.25) is 0 Å². The lowest BCUT2D eigenvalue weighted by atomic mass is 10.1. The molecule has 204 valence electrons. The zero-order chi connectivity index (χ0) is 27.4. The minimum atomic E-state index is -5.03. The first-order chi connectivity index (χ1) is 18.0. The summed E-state index contributed by atoms with van der Waals surface area (Å²) >= 11 is 1.09. The largest absolute Gasteiger partial charge is 0.573 e. The molecular formula is C21H23F3N8O5S. The summed E-state index contributed by atoms with van der Waals surface area (Å²) in [5.41, 5.74) is -0.198. The lowest BCUT2D eigenvalue weighted by Gasteiger charge is -2.37. The van der Waals surface area contributed by atoms with Gasteiger partial charge >= 0.3 is 12.5 Å². The van der Waals surface area contributed by atoms with Crippen molar-refractivity contribution in [2.75, 3.05) is 43.9 Å². The molecule has 5 N–H and O–H groups in total. The van der Waals surface area contributed by atoms with Crippen LogP contribution in [-0.2, 0) is 11.3 Å². The summed E-state index contributed by atoms with van der Waals surface area (Å²) in [6.45, 7) is 1.33. The molecule has 2 aromatic heterocycles.